The first-order valence-corrected chi connectivity index (χ1v) is 8.70. The largest absolute Gasteiger partial charge is 0.497 e. The van der Waals surface area contributed by atoms with Gasteiger partial charge in [0.15, 0.2) is 0 Å². The Balaban J connectivity index is 1.90. The lowest BCUT2D eigenvalue weighted by Crippen LogP contribution is -2.39. The van der Waals surface area contributed by atoms with E-state index in [1.54, 1.807) is 7.11 Å². The fourth-order valence-electron chi connectivity index (χ4n) is 4.12. The predicted molar refractivity (Wildman–Crippen MR) is 97.3 cm³/mol. The summed E-state index contributed by atoms with van der Waals surface area (Å²) in [4.78, 5) is 12.8. The van der Waals surface area contributed by atoms with Gasteiger partial charge in [-0.05, 0) is 61.6 Å². The monoisotopic (exact) mass is 334 g/mol. The standard InChI is InChI=1S/C22H22O3/c1-22(2)19(14-7-5-4-6-8-14)18-11-9-15-13-16(24-3)10-12-17(15)20(18)25-21(22)23/h4-8,10,12-13,19H,9,11H2,1-3H3. The van der Waals surface area contributed by atoms with Crippen LogP contribution in [0.4, 0.5) is 0 Å². The van der Waals surface area contributed by atoms with Crippen molar-refractivity contribution in [2.24, 2.45) is 5.41 Å². The van der Waals surface area contributed by atoms with Gasteiger partial charge < -0.3 is 9.47 Å². The van der Waals surface area contributed by atoms with Crippen molar-refractivity contribution in [2.45, 2.75) is 32.6 Å². The van der Waals surface area contributed by atoms with Gasteiger partial charge in [-0.1, -0.05) is 30.3 Å². The molecule has 0 amide bonds. The lowest BCUT2D eigenvalue weighted by atomic mass is 9.66. The maximum Gasteiger partial charge on any atom is 0.317 e. The highest BCUT2D eigenvalue weighted by Crippen LogP contribution is 2.52. The van der Waals surface area contributed by atoms with E-state index in [1.165, 1.54) is 16.7 Å². The molecule has 0 saturated carbocycles. The Kier molecular flexibility index (Phi) is 3.68. The van der Waals surface area contributed by atoms with Crippen LogP contribution in [0.2, 0.25) is 0 Å². The van der Waals surface area contributed by atoms with Crippen molar-refractivity contribution < 1.29 is 14.3 Å². The molecular weight excluding hydrogens is 312 g/mol. The molecular formula is C22H22O3. The van der Waals surface area contributed by atoms with Crippen molar-refractivity contribution in [3.05, 3.63) is 70.8 Å². The van der Waals surface area contributed by atoms with Gasteiger partial charge in [0, 0.05) is 11.5 Å². The number of allylic oxidation sites excluding steroid dienone is 1. The zero-order valence-corrected chi connectivity index (χ0v) is 14.8. The molecule has 1 aliphatic carbocycles. The Morgan fingerprint density at radius 1 is 1.08 bits per heavy atom. The predicted octanol–water partition coefficient (Wildman–Crippen LogP) is 4.72. The van der Waals surface area contributed by atoms with Crippen molar-refractivity contribution in [3.63, 3.8) is 0 Å². The molecule has 25 heavy (non-hydrogen) atoms. The van der Waals surface area contributed by atoms with Gasteiger partial charge >= 0.3 is 5.97 Å². The average molecular weight is 334 g/mol. The Morgan fingerprint density at radius 3 is 2.56 bits per heavy atom. The van der Waals surface area contributed by atoms with E-state index in [4.69, 9.17) is 9.47 Å². The van der Waals surface area contributed by atoms with Gasteiger partial charge in [0.1, 0.15) is 11.5 Å². The second-order valence-electron chi connectivity index (χ2n) is 7.33. The first-order chi connectivity index (χ1) is 12.0. The van der Waals surface area contributed by atoms with Crippen molar-refractivity contribution in [1.29, 1.82) is 0 Å². The number of benzene rings is 2. The third kappa shape index (κ3) is 2.46. The van der Waals surface area contributed by atoms with Gasteiger partial charge in [-0.25, -0.2) is 0 Å². The summed E-state index contributed by atoms with van der Waals surface area (Å²) >= 11 is 0. The van der Waals surface area contributed by atoms with Crippen LogP contribution in [0.1, 0.15) is 42.9 Å². The molecule has 128 valence electrons. The van der Waals surface area contributed by atoms with Crippen molar-refractivity contribution in [2.75, 3.05) is 7.11 Å². The van der Waals surface area contributed by atoms with Gasteiger partial charge in [-0.3, -0.25) is 4.79 Å². The summed E-state index contributed by atoms with van der Waals surface area (Å²) < 4.78 is 11.2. The number of ether oxygens (including phenoxy) is 2. The lowest BCUT2D eigenvalue weighted by molar-refractivity contribution is -0.149. The summed E-state index contributed by atoms with van der Waals surface area (Å²) in [6, 6.07) is 16.3. The zero-order valence-electron chi connectivity index (χ0n) is 14.8. The molecule has 0 fully saturated rings. The Bertz CT molecular complexity index is 862. The third-order valence-electron chi connectivity index (χ3n) is 5.44. The van der Waals surface area contributed by atoms with E-state index < -0.39 is 5.41 Å². The number of rotatable bonds is 2. The van der Waals surface area contributed by atoms with Crippen LogP contribution in [0.25, 0.3) is 5.76 Å². The van der Waals surface area contributed by atoms with Gasteiger partial charge in [0.05, 0.1) is 12.5 Å². The maximum atomic E-state index is 12.8. The SMILES string of the molecule is COc1ccc2c(c1)CCC1=C2OC(=O)C(C)(C)C1c1ccccc1. The summed E-state index contributed by atoms with van der Waals surface area (Å²) in [5, 5.41) is 0. The summed E-state index contributed by atoms with van der Waals surface area (Å²) in [5.74, 6) is 1.47. The van der Waals surface area contributed by atoms with Crippen LogP contribution in [-0.2, 0) is 16.0 Å². The summed E-state index contributed by atoms with van der Waals surface area (Å²) in [7, 11) is 1.67. The van der Waals surface area contributed by atoms with E-state index in [0.29, 0.717) is 0 Å². The fourth-order valence-corrected chi connectivity index (χ4v) is 4.12. The van der Waals surface area contributed by atoms with Crippen molar-refractivity contribution in [3.8, 4) is 5.75 Å². The molecule has 0 bridgehead atoms. The Labute approximate surface area is 148 Å². The molecule has 0 radical (unpaired) electrons. The van der Waals surface area contributed by atoms with E-state index >= 15 is 0 Å². The number of hydrogen-bond donors (Lipinski definition) is 0. The smallest absolute Gasteiger partial charge is 0.317 e. The highest BCUT2D eigenvalue weighted by Gasteiger charge is 2.47. The molecule has 1 aliphatic heterocycles. The summed E-state index contributed by atoms with van der Waals surface area (Å²) in [5.41, 5.74) is 4.02. The van der Waals surface area contributed by atoms with Crippen molar-refractivity contribution >= 4 is 11.7 Å². The highest BCUT2D eigenvalue weighted by molar-refractivity contribution is 5.89. The molecule has 0 saturated heterocycles. The average Bonchev–Trinajstić information content (AvgIpc) is 2.63. The van der Waals surface area contributed by atoms with Crippen LogP contribution < -0.4 is 4.74 Å². The van der Waals surface area contributed by atoms with E-state index in [2.05, 4.69) is 12.1 Å². The lowest BCUT2D eigenvalue weighted by Gasteiger charge is -2.41. The fraction of sp³-hybridized carbons (Fsp3) is 0.318. The van der Waals surface area contributed by atoms with E-state index in [-0.39, 0.29) is 11.9 Å². The first kappa shape index (κ1) is 15.9. The number of carbonyl (C=O) groups is 1. The van der Waals surface area contributed by atoms with Crippen LogP contribution in [0.15, 0.2) is 54.1 Å². The van der Waals surface area contributed by atoms with Gasteiger partial charge in [-0.15, -0.1) is 0 Å². The van der Waals surface area contributed by atoms with Gasteiger partial charge in [-0.2, -0.15) is 0 Å². The third-order valence-corrected chi connectivity index (χ3v) is 5.44. The molecule has 0 N–H and O–H groups in total. The quantitative estimate of drug-likeness (QED) is 0.746. The maximum absolute atomic E-state index is 12.8. The molecule has 1 atom stereocenters. The van der Waals surface area contributed by atoms with Gasteiger partial charge in [0.2, 0.25) is 0 Å². The van der Waals surface area contributed by atoms with Crippen molar-refractivity contribution in [1.82, 2.24) is 0 Å². The second-order valence-corrected chi connectivity index (χ2v) is 7.33. The van der Waals surface area contributed by atoms with E-state index in [9.17, 15) is 4.79 Å². The minimum atomic E-state index is -0.579. The van der Waals surface area contributed by atoms with Crippen LogP contribution in [0.3, 0.4) is 0 Å². The number of carbonyl (C=O) groups excluding carboxylic acids is 1. The Morgan fingerprint density at radius 2 is 1.84 bits per heavy atom. The summed E-state index contributed by atoms with van der Waals surface area (Å²) in [6.07, 6.45) is 1.83. The van der Waals surface area contributed by atoms with E-state index in [0.717, 1.165) is 29.9 Å². The first-order valence-electron chi connectivity index (χ1n) is 8.70. The molecule has 2 aromatic carbocycles. The normalized spacial score (nSPS) is 21.2. The minimum Gasteiger partial charge on any atom is -0.497 e. The number of methoxy groups -OCH3 is 1. The summed E-state index contributed by atoms with van der Waals surface area (Å²) in [6.45, 7) is 3.97. The molecule has 1 unspecified atom stereocenters. The molecule has 2 aromatic rings. The Hall–Kier alpha value is -2.55. The molecule has 3 heteroatoms. The number of aryl methyl sites for hydroxylation is 1. The molecule has 0 aromatic heterocycles. The molecule has 4 rings (SSSR count). The molecule has 2 aliphatic rings. The molecule has 1 heterocycles. The molecule has 0 spiro atoms. The van der Waals surface area contributed by atoms with Gasteiger partial charge in [0.25, 0.3) is 0 Å². The van der Waals surface area contributed by atoms with Crippen LogP contribution in [0.5, 0.6) is 5.75 Å². The topological polar surface area (TPSA) is 35.5 Å². The van der Waals surface area contributed by atoms with Crippen LogP contribution in [-0.4, -0.2) is 13.1 Å². The second kappa shape index (κ2) is 5.76. The number of esters is 1. The number of fused-ring (bicyclic) bond motifs is 2. The number of hydrogen-bond acceptors (Lipinski definition) is 3. The van der Waals surface area contributed by atoms with Crippen LogP contribution >= 0.6 is 0 Å². The molecule has 3 nitrogen and oxygen atoms in total. The highest BCUT2D eigenvalue weighted by atomic mass is 16.5. The van der Waals surface area contributed by atoms with Crippen LogP contribution in [0, 0.1) is 5.41 Å². The van der Waals surface area contributed by atoms with E-state index in [1.807, 2.05) is 50.2 Å². The zero-order chi connectivity index (χ0) is 17.6. The minimum absolute atomic E-state index is 0.0419.